The van der Waals surface area contributed by atoms with Crippen molar-refractivity contribution < 1.29 is 80.7 Å². The Morgan fingerprint density at radius 3 is 1.79 bits per heavy atom. The second-order valence-corrected chi connectivity index (χ2v) is 18.5. The van der Waals surface area contributed by atoms with Crippen molar-refractivity contribution in [2.45, 2.75) is 70.2 Å². The number of aliphatic hydroxyl groups excluding tert-OH is 2. The van der Waals surface area contributed by atoms with Gasteiger partial charge < -0.3 is 52.7 Å². The minimum absolute atomic E-state index is 0.0176. The zero-order valence-electron chi connectivity index (χ0n) is 34.4. The van der Waals surface area contributed by atoms with Gasteiger partial charge in [0.15, 0.2) is 6.61 Å². The second kappa shape index (κ2) is 28.8. The Labute approximate surface area is 341 Å². The highest BCUT2D eigenvalue weighted by molar-refractivity contribution is 9.10. The summed E-state index contributed by atoms with van der Waals surface area (Å²) in [7, 11) is 1.32. The molecule has 19 heteroatoms. The highest BCUT2D eigenvalue weighted by Gasteiger charge is 2.49. The maximum Gasteiger partial charge on any atom is 0.472 e. The van der Waals surface area contributed by atoms with Gasteiger partial charge in [-0.25, -0.2) is 4.57 Å². The van der Waals surface area contributed by atoms with E-state index in [4.69, 9.17) is 53.7 Å². The van der Waals surface area contributed by atoms with Gasteiger partial charge in [-0.2, -0.15) is 0 Å². The van der Waals surface area contributed by atoms with Gasteiger partial charge >= 0.3 is 19.8 Å². The highest BCUT2D eigenvalue weighted by Crippen LogP contribution is 2.45. The lowest BCUT2D eigenvalue weighted by Gasteiger charge is -2.38. The predicted molar refractivity (Wildman–Crippen MR) is 210 cm³/mol. The smallest absolute Gasteiger partial charge is 0.463 e. The number of Topliss-reactive ketones (excluding diaryl/α,β-unsaturated/α-hetero) is 1. The van der Waals surface area contributed by atoms with Crippen LogP contribution in [0.4, 0.5) is 0 Å². The average Bonchev–Trinajstić information content (AvgIpc) is 3.10. The van der Waals surface area contributed by atoms with Crippen molar-refractivity contribution in [2.24, 2.45) is 10.8 Å². The molecule has 0 aromatic carbocycles. The molecule has 0 fully saturated rings. The Morgan fingerprint density at radius 2 is 1.27 bits per heavy atom. The molecule has 0 aromatic heterocycles. The lowest BCUT2D eigenvalue weighted by Crippen LogP contribution is -2.45. The number of phosphoric acid groups is 1. The molecular formula is C37H68BrNO16P+. The number of rotatable bonds is 36. The van der Waals surface area contributed by atoms with Crippen LogP contribution < -0.4 is 0 Å². The summed E-state index contributed by atoms with van der Waals surface area (Å²) >= 11 is 3.39. The van der Waals surface area contributed by atoms with Gasteiger partial charge in [0.1, 0.15) is 36.0 Å². The Bertz CT molecular complexity index is 1210. The first-order valence-corrected chi connectivity index (χ1v) is 21.0. The molecule has 0 bridgehead atoms. The second-order valence-electron chi connectivity index (χ2n) is 15.3. The van der Waals surface area contributed by atoms with Crippen molar-refractivity contribution in [3.8, 4) is 12.3 Å². The SMILES string of the molecule is C#CCOC(=O)C(C)(Br)CC(C)(CC(C)(C)C(=O)CCCCOCCOCCOCCOCCOCC(O)CO)C(=O)OCCOP(=O)(O)OCC[N+](C)(C)C. The summed E-state index contributed by atoms with van der Waals surface area (Å²) in [6.07, 6.45) is 5.69. The lowest BCUT2D eigenvalue weighted by atomic mass is 9.67. The van der Waals surface area contributed by atoms with E-state index >= 15 is 0 Å². The number of hydrogen-bond acceptors (Lipinski definition) is 15. The number of quaternary nitrogens is 1. The Balaban J connectivity index is 4.77. The molecule has 0 saturated heterocycles. The first kappa shape index (κ1) is 54.4. The normalized spacial score (nSPS) is 15.9. The van der Waals surface area contributed by atoms with E-state index in [0.717, 1.165) is 0 Å². The van der Waals surface area contributed by atoms with Crippen LogP contribution in [-0.4, -0.2) is 175 Å². The van der Waals surface area contributed by atoms with Gasteiger partial charge in [-0.05, 0) is 39.5 Å². The third-order valence-corrected chi connectivity index (χ3v) is 9.67. The van der Waals surface area contributed by atoms with Crippen molar-refractivity contribution in [2.75, 3.05) is 127 Å². The Kier molecular flexibility index (Phi) is 28.0. The minimum atomic E-state index is -4.38. The highest BCUT2D eigenvalue weighted by atomic mass is 79.9. The zero-order chi connectivity index (χ0) is 42.7. The number of nitrogens with zero attached hydrogens (tertiary/aromatic N) is 1. The van der Waals surface area contributed by atoms with Crippen LogP contribution in [-0.2, 0) is 61.2 Å². The maximum atomic E-state index is 13.6. The first-order valence-electron chi connectivity index (χ1n) is 18.7. The average molecular weight is 894 g/mol. The van der Waals surface area contributed by atoms with Gasteiger partial charge in [0, 0.05) is 18.4 Å². The van der Waals surface area contributed by atoms with Gasteiger partial charge in [-0.1, -0.05) is 35.7 Å². The van der Waals surface area contributed by atoms with Crippen LogP contribution in [0.5, 0.6) is 0 Å². The molecule has 0 aliphatic heterocycles. The number of ether oxygens (including phenoxy) is 7. The van der Waals surface area contributed by atoms with Crippen LogP contribution in [0.15, 0.2) is 0 Å². The van der Waals surface area contributed by atoms with Crippen LogP contribution in [0, 0.1) is 23.2 Å². The molecule has 4 unspecified atom stereocenters. The number of halogens is 1. The largest absolute Gasteiger partial charge is 0.472 e. The number of ketones is 1. The number of esters is 2. The molecule has 0 rings (SSSR count). The monoisotopic (exact) mass is 892 g/mol. The van der Waals surface area contributed by atoms with E-state index in [2.05, 4.69) is 21.9 Å². The molecule has 0 spiro atoms. The number of carbonyl (C=O) groups is 3. The molecule has 0 amide bonds. The first-order chi connectivity index (χ1) is 26.1. The summed E-state index contributed by atoms with van der Waals surface area (Å²) in [6, 6.07) is 0. The molecule has 0 radical (unpaired) electrons. The summed E-state index contributed by atoms with van der Waals surface area (Å²) in [6.45, 7) is 9.15. The van der Waals surface area contributed by atoms with E-state index in [0.29, 0.717) is 83.3 Å². The molecule has 328 valence electrons. The summed E-state index contributed by atoms with van der Waals surface area (Å²) in [5.74, 6) is 0.726. The van der Waals surface area contributed by atoms with Crippen molar-refractivity contribution in [1.29, 1.82) is 0 Å². The number of carbonyl (C=O) groups excluding carboxylic acids is 3. The number of unbranched alkanes of at least 4 members (excludes halogenated alkanes) is 1. The number of aliphatic hydroxyl groups is 2. The van der Waals surface area contributed by atoms with Crippen molar-refractivity contribution >= 4 is 41.5 Å². The van der Waals surface area contributed by atoms with Crippen LogP contribution >= 0.6 is 23.8 Å². The summed E-state index contributed by atoms with van der Waals surface area (Å²) in [5, 5.41) is 17.9. The summed E-state index contributed by atoms with van der Waals surface area (Å²) in [5.41, 5.74) is -2.39. The van der Waals surface area contributed by atoms with Crippen molar-refractivity contribution in [3.05, 3.63) is 0 Å². The van der Waals surface area contributed by atoms with E-state index in [9.17, 15) is 28.9 Å². The predicted octanol–water partition coefficient (Wildman–Crippen LogP) is 2.69. The molecule has 0 aliphatic rings. The Morgan fingerprint density at radius 1 is 0.750 bits per heavy atom. The van der Waals surface area contributed by atoms with Gasteiger partial charge in [-0.15, -0.1) is 6.42 Å². The summed E-state index contributed by atoms with van der Waals surface area (Å²) in [4.78, 5) is 49.9. The third-order valence-electron chi connectivity index (χ3n) is 8.05. The van der Waals surface area contributed by atoms with Crippen LogP contribution in [0.1, 0.15) is 59.8 Å². The molecule has 0 heterocycles. The topological polar surface area (TPSA) is 212 Å². The molecule has 0 aliphatic carbocycles. The molecule has 56 heavy (non-hydrogen) atoms. The number of hydrogen-bond donors (Lipinski definition) is 3. The van der Waals surface area contributed by atoms with E-state index in [1.54, 1.807) is 20.8 Å². The lowest BCUT2D eigenvalue weighted by molar-refractivity contribution is -0.870. The molecule has 0 saturated carbocycles. The number of phosphoric ester groups is 1. The van der Waals surface area contributed by atoms with Gasteiger partial charge in [0.2, 0.25) is 0 Å². The van der Waals surface area contributed by atoms with E-state index in [1.165, 1.54) is 6.92 Å². The molecule has 17 nitrogen and oxygen atoms in total. The number of terminal acetylenes is 1. The fourth-order valence-electron chi connectivity index (χ4n) is 5.25. The van der Waals surface area contributed by atoms with Crippen LogP contribution in [0.25, 0.3) is 0 Å². The van der Waals surface area contributed by atoms with Crippen LogP contribution in [0.3, 0.4) is 0 Å². The summed E-state index contributed by atoms with van der Waals surface area (Å²) < 4.78 is 59.0. The molecular weight excluding hydrogens is 825 g/mol. The molecule has 4 atom stereocenters. The van der Waals surface area contributed by atoms with E-state index in [-0.39, 0.29) is 58.1 Å². The maximum absolute atomic E-state index is 13.6. The van der Waals surface area contributed by atoms with Crippen molar-refractivity contribution in [1.82, 2.24) is 0 Å². The van der Waals surface area contributed by atoms with E-state index < -0.39 is 47.6 Å². The van der Waals surface area contributed by atoms with Crippen LogP contribution in [0.2, 0.25) is 0 Å². The van der Waals surface area contributed by atoms with Crippen molar-refractivity contribution in [3.63, 3.8) is 0 Å². The molecule has 3 N–H and O–H groups in total. The van der Waals surface area contributed by atoms with E-state index in [1.807, 2.05) is 21.1 Å². The Hall–Kier alpha value is -1.56. The minimum Gasteiger partial charge on any atom is -0.463 e. The quantitative estimate of drug-likeness (QED) is 0.0206. The standard InChI is InChI=1S/C37H67BrNO16P/c1-9-14-52-34(44)37(5,38)30-36(4,33(43)53-25-26-55-56(45,46)54-16-13-39(6,7)8)29-35(2,3)32(42)12-10-11-15-47-17-18-48-19-20-49-21-22-50-23-24-51-28-31(41)27-40/h1,31,40-41H,10-30H2,2-8H3/p+1. The number of alkyl halides is 1. The van der Waals surface area contributed by atoms with Gasteiger partial charge in [0.05, 0.1) is 99.2 Å². The fourth-order valence-corrected chi connectivity index (χ4v) is 6.68. The molecule has 0 aromatic rings. The van der Waals surface area contributed by atoms with Gasteiger partial charge in [-0.3, -0.25) is 23.4 Å². The van der Waals surface area contributed by atoms with Gasteiger partial charge in [0.25, 0.3) is 0 Å². The fraction of sp³-hybridized carbons (Fsp3) is 0.865. The third kappa shape index (κ3) is 27.2. The zero-order valence-corrected chi connectivity index (χ0v) is 36.9. The number of likely N-dealkylation sites (N-methyl/N-ethyl adjacent to an activating group) is 1.